The first-order valence-corrected chi connectivity index (χ1v) is 8.07. The molecule has 112 valence electrons. The average Bonchev–Trinajstić information content (AvgIpc) is 2.45. The van der Waals surface area contributed by atoms with E-state index in [9.17, 15) is 0 Å². The van der Waals surface area contributed by atoms with Gasteiger partial charge in [-0.15, -0.1) is 0 Å². The number of hydrogen-bond donors (Lipinski definition) is 1. The van der Waals surface area contributed by atoms with E-state index in [0.29, 0.717) is 6.04 Å². The minimum Gasteiger partial charge on any atom is -0.317 e. The van der Waals surface area contributed by atoms with Crippen molar-refractivity contribution in [3.63, 3.8) is 0 Å². The molecule has 0 amide bonds. The first-order valence-electron chi connectivity index (χ1n) is 8.07. The fraction of sp³-hybridized carbons (Fsp3) is 0.667. The van der Waals surface area contributed by atoms with E-state index in [1.165, 1.54) is 48.9 Å². The highest BCUT2D eigenvalue weighted by atomic mass is 15.2. The van der Waals surface area contributed by atoms with Gasteiger partial charge < -0.3 is 5.32 Å². The molecule has 1 aromatic rings. The number of nitrogens with one attached hydrogen (secondary N) is 1. The van der Waals surface area contributed by atoms with Crippen molar-refractivity contribution in [2.45, 2.75) is 65.1 Å². The molecule has 0 bridgehead atoms. The number of benzene rings is 1. The second-order valence-corrected chi connectivity index (χ2v) is 6.46. The highest BCUT2D eigenvalue weighted by molar-refractivity contribution is 5.29. The minimum atomic E-state index is 0.611. The second kappa shape index (κ2) is 7.24. The van der Waals surface area contributed by atoms with E-state index in [-0.39, 0.29) is 0 Å². The molecule has 0 aromatic heterocycles. The Kier molecular flexibility index (Phi) is 5.62. The lowest BCUT2D eigenvalue weighted by atomic mass is 9.95. The molecule has 0 radical (unpaired) electrons. The van der Waals surface area contributed by atoms with Gasteiger partial charge in [-0.2, -0.15) is 0 Å². The minimum absolute atomic E-state index is 0.611. The Morgan fingerprint density at radius 1 is 1.25 bits per heavy atom. The van der Waals surface area contributed by atoms with Gasteiger partial charge in [0.1, 0.15) is 0 Å². The zero-order valence-corrected chi connectivity index (χ0v) is 13.6. The first-order chi connectivity index (χ1) is 9.60. The van der Waals surface area contributed by atoms with E-state index in [0.717, 1.165) is 12.6 Å². The van der Waals surface area contributed by atoms with Crippen LogP contribution in [0, 0.1) is 13.8 Å². The fourth-order valence-corrected chi connectivity index (χ4v) is 3.20. The predicted molar refractivity (Wildman–Crippen MR) is 87.1 cm³/mol. The molecule has 1 saturated heterocycles. The maximum absolute atomic E-state index is 3.39. The van der Waals surface area contributed by atoms with Crippen molar-refractivity contribution >= 4 is 0 Å². The largest absolute Gasteiger partial charge is 0.317 e. The summed E-state index contributed by atoms with van der Waals surface area (Å²) in [6.45, 7) is 9.08. The van der Waals surface area contributed by atoms with E-state index >= 15 is 0 Å². The van der Waals surface area contributed by atoms with E-state index in [1.807, 2.05) is 0 Å². The summed E-state index contributed by atoms with van der Waals surface area (Å²) < 4.78 is 0. The molecule has 0 aliphatic carbocycles. The second-order valence-electron chi connectivity index (χ2n) is 6.46. The molecule has 1 N–H and O–H groups in total. The molecule has 2 rings (SSSR count). The normalized spacial score (nSPS) is 21.9. The van der Waals surface area contributed by atoms with Crippen LogP contribution in [0.15, 0.2) is 18.2 Å². The molecule has 1 aliphatic heterocycles. The van der Waals surface area contributed by atoms with Crippen LogP contribution in [0.4, 0.5) is 0 Å². The van der Waals surface area contributed by atoms with Crippen LogP contribution in [0.2, 0.25) is 0 Å². The summed E-state index contributed by atoms with van der Waals surface area (Å²) in [5.41, 5.74) is 4.28. The molecule has 1 aromatic carbocycles. The molecular formula is C18H30N2. The summed E-state index contributed by atoms with van der Waals surface area (Å²) in [6.07, 6.45) is 5.37. The van der Waals surface area contributed by atoms with Gasteiger partial charge in [0.05, 0.1) is 0 Å². The third kappa shape index (κ3) is 4.07. The van der Waals surface area contributed by atoms with Gasteiger partial charge in [0.25, 0.3) is 0 Å². The number of aryl methyl sites for hydroxylation is 2. The Labute approximate surface area is 124 Å². The Bertz CT molecular complexity index is 427. The van der Waals surface area contributed by atoms with Crippen LogP contribution in [0.3, 0.4) is 0 Å². The maximum atomic E-state index is 3.39. The summed E-state index contributed by atoms with van der Waals surface area (Å²) in [5.74, 6) is 0. The van der Waals surface area contributed by atoms with Crippen LogP contribution >= 0.6 is 0 Å². The lowest BCUT2D eigenvalue weighted by molar-refractivity contribution is 0.125. The van der Waals surface area contributed by atoms with E-state index in [4.69, 9.17) is 0 Å². The smallest absolute Gasteiger partial charge is 0.0236 e. The van der Waals surface area contributed by atoms with Gasteiger partial charge in [-0.05, 0) is 70.3 Å². The number of hydrogen-bond acceptors (Lipinski definition) is 2. The van der Waals surface area contributed by atoms with Gasteiger partial charge in [0.2, 0.25) is 0 Å². The SMILES string of the molecule is CNC(C)CC1CCCCN1Cc1ccc(C)c(C)c1. The topological polar surface area (TPSA) is 15.3 Å². The van der Waals surface area contributed by atoms with Crippen LogP contribution in [0.5, 0.6) is 0 Å². The van der Waals surface area contributed by atoms with Gasteiger partial charge in [-0.25, -0.2) is 0 Å². The van der Waals surface area contributed by atoms with E-state index in [1.54, 1.807) is 0 Å². The van der Waals surface area contributed by atoms with Gasteiger partial charge >= 0.3 is 0 Å². The van der Waals surface area contributed by atoms with Gasteiger partial charge in [-0.3, -0.25) is 4.90 Å². The highest BCUT2D eigenvalue weighted by Crippen LogP contribution is 2.23. The van der Waals surface area contributed by atoms with Crippen molar-refractivity contribution in [3.8, 4) is 0 Å². The first kappa shape index (κ1) is 15.5. The molecule has 1 aliphatic rings. The summed E-state index contributed by atoms with van der Waals surface area (Å²) in [4.78, 5) is 2.70. The Morgan fingerprint density at radius 2 is 2.05 bits per heavy atom. The molecule has 2 atom stereocenters. The number of piperidine rings is 1. The third-order valence-electron chi connectivity index (χ3n) is 4.82. The van der Waals surface area contributed by atoms with Crippen molar-refractivity contribution in [3.05, 3.63) is 34.9 Å². The average molecular weight is 274 g/mol. The third-order valence-corrected chi connectivity index (χ3v) is 4.82. The number of rotatable bonds is 5. The lowest BCUT2D eigenvalue weighted by Gasteiger charge is -2.37. The van der Waals surface area contributed by atoms with E-state index < -0.39 is 0 Å². The van der Waals surface area contributed by atoms with Crippen LogP contribution in [0.1, 0.15) is 49.3 Å². The van der Waals surface area contributed by atoms with Crippen molar-refractivity contribution in [2.24, 2.45) is 0 Å². The standard InChI is InChI=1S/C18H30N2/c1-14-8-9-17(11-15(14)2)13-20-10-6-5-7-18(20)12-16(3)19-4/h8-9,11,16,18-19H,5-7,10,12-13H2,1-4H3. The predicted octanol–water partition coefficient (Wildman–Crippen LogP) is 3.66. The Balaban J connectivity index is 2.02. The van der Waals surface area contributed by atoms with Crippen molar-refractivity contribution < 1.29 is 0 Å². The molecule has 1 heterocycles. The van der Waals surface area contributed by atoms with Gasteiger partial charge in [0, 0.05) is 18.6 Å². The van der Waals surface area contributed by atoms with Crippen molar-refractivity contribution in [2.75, 3.05) is 13.6 Å². The molecule has 2 nitrogen and oxygen atoms in total. The Hall–Kier alpha value is -0.860. The quantitative estimate of drug-likeness (QED) is 0.881. The van der Waals surface area contributed by atoms with Crippen molar-refractivity contribution in [1.29, 1.82) is 0 Å². The van der Waals surface area contributed by atoms with E-state index in [2.05, 4.69) is 56.2 Å². The summed E-state index contributed by atoms with van der Waals surface area (Å²) in [7, 11) is 2.07. The molecule has 0 saturated carbocycles. The molecule has 0 spiro atoms. The van der Waals surface area contributed by atoms with Crippen LogP contribution < -0.4 is 5.32 Å². The molecular weight excluding hydrogens is 244 g/mol. The summed E-state index contributed by atoms with van der Waals surface area (Å²) in [5, 5.41) is 3.39. The maximum Gasteiger partial charge on any atom is 0.0236 e. The molecule has 20 heavy (non-hydrogen) atoms. The monoisotopic (exact) mass is 274 g/mol. The zero-order chi connectivity index (χ0) is 14.5. The fourth-order valence-electron chi connectivity index (χ4n) is 3.20. The molecule has 1 fully saturated rings. The molecule has 2 heteroatoms. The summed E-state index contributed by atoms with van der Waals surface area (Å²) in [6, 6.07) is 8.28. The number of likely N-dealkylation sites (tertiary alicyclic amines) is 1. The highest BCUT2D eigenvalue weighted by Gasteiger charge is 2.23. The lowest BCUT2D eigenvalue weighted by Crippen LogP contribution is -2.42. The van der Waals surface area contributed by atoms with Crippen LogP contribution in [-0.4, -0.2) is 30.6 Å². The molecule has 2 unspecified atom stereocenters. The zero-order valence-electron chi connectivity index (χ0n) is 13.6. The Morgan fingerprint density at radius 3 is 2.75 bits per heavy atom. The summed E-state index contributed by atoms with van der Waals surface area (Å²) >= 11 is 0. The van der Waals surface area contributed by atoms with Gasteiger partial charge in [0.15, 0.2) is 0 Å². The van der Waals surface area contributed by atoms with Crippen LogP contribution in [0.25, 0.3) is 0 Å². The van der Waals surface area contributed by atoms with Gasteiger partial charge in [-0.1, -0.05) is 24.6 Å². The van der Waals surface area contributed by atoms with Crippen molar-refractivity contribution in [1.82, 2.24) is 10.2 Å². The number of nitrogens with zero attached hydrogens (tertiary/aromatic N) is 1. The van der Waals surface area contributed by atoms with Crippen LogP contribution in [-0.2, 0) is 6.54 Å².